The van der Waals surface area contributed by atoms with Gasteiger partial charge in [-0.2, -0.15) is 23.5 Å². The van der Waals surface area contributed by atoms with Crippen molar-refractivity contribution in [1.29, 1.82) is 0 Å². The molecule has 3 unspecified atom stereocenters. The zero-order valence-corrected chi connectivity index (χ0v) is 12.6. The van der Waals surface area contributed by atoms with Crippen LogP contribution in [0.15, 0.2) is 22.7 Å². The second-order valence-electron chi connectivity index (χ2n) is 4.00. The molecule has 1 aliphatic rings. The van der Waals surface area contributed by atoms with Crippen molar-refractivity contribution in [3.05, 3.63) is 34.1 Å². The molecule has 1 nitrogen and oxygen atoms in total. The minimum absolute atomic E-state index is 0.0672. The molecule has 3 atom stereocenters. The summed E-state index contributed by atoms with van der Waals surface area (Å²) in [6.45, 7) is 2.10. The number of aliphatic hydroxyl groups excluding tert-OH is 1. The van der Waals surface area contributed by atoms with Crippen LogP contribution >= 0.6 is 39.5 Å². The maximum atomic E-state index is 13.9. The third-order valence-electron chi connectivity index (χ3n) is 2.85. The van der Waals surface area contributed by atoms with Crippen molar-refractivity contribution < 1.29 is 9.50 Å². The smallest absolute Gasteiger partial charge is 0.143 e. The van der Waals surface area contributed by atoms with Crippen LogP contribution in [0.25, 0.3) is 0 Å². The fourth-order valence-corrected chi connectivity index (χ4v) is 5.13. The highest BCUT2D eigenvalue weighted by Crippen LogP contribution is 2.39. The second kappa shape index (κ2) is 5.95. The molecule has 0 aromatic heterocycles. The molecule has 0 radical (unpaired) electrons. The van der Waals surface area contributed by atoms with Crippen LogP contribution < -0.4 is 0 Å². The van der Waals surface area contributed by atoms with E-state index in [-0.39, 0.29) is 11.1 Å². The SMILES string of the molecule is CC1SCCSC1C(O)c1cccc(Br)c1F. The summed E-state index contributed by atoms with van der Waals surface area (Å²) in [7, 11) is 0. The standard InChI is InChI=1S/C12H14BrFOS2/c1-7-12(17-6-5-16-7)11(15)8-3-2-4-9(13)10(8)14/h2-4,7,11-12,15H,5-6H2,1H3. The van der Waals surface area contributed by atoms with E-state index >= 15 is 0 Å². The van der Waals surface area contributed by atoms with Gasteiger partial charge >= 0.3 is 0 Å². The quantitative estimate of drug-likeness (QED) is 0.885. The molecule has 0 aliphatic carbocycles. The van der Waals surface area contributed by atoms with Crippen molar-refractivity contribution in [2.24, 2.45) is 0 Å². The summed E-state index contributed by atoms with van der Waals surface area (Å²) >= 11 is 6.74. The van der Waals surface area contributed by atoms with Gasteiger partial charge < -0.3 is 5.11 Å². The van der Waals surface area contributed by atoms with Gasteiger partial charge in [-0.25, -0.2) is 4.39 Å². The molecule has 1 saturated heterocycles. The zero-order chi connectivity index (χ0) is 12.4. The minimum Gasteiger partial charge on any atom is -0.387 e. The Bertz CT molecular complexity index is 402. The van der Waals surface area contributed by atoms with Crippen molar-refractivity contribution in [3.63, 3.8) is 0 Å². The predicted molar refractivity (Wildman–Crippen MR) is 77.2 cm³/mol. The van der Waals surface area contributed by atoms with E-state index in [0.717, 1.165) is 11.5 Å². The monoisotopic (exact) mass is 336 g/mol. The van der Waals surface area contributed by atoms with Gasteiger partial charge in [0.05, 0.1) is 10.6 Å². The highest BCUT2D eigenvalue weighted by molar-refractivity contribution is 9.10. The van der Waals surface area contributed by atoms with E-state index in [0.29, 0.717) is 15.3 Å². The Hall–Kier alpha value is 0.290. The second-order valence-corrected chi connectivity index (χ2v) is 7.62. The van der Waals surface area contributed by atoms with Gasteiger partial charge in [0.15, 0.2) is 0 Å². The van der Waals surface area contributed by atoms with Crippen LogP contribution in [0, 0.1) is 5.82 Å². The lowest BCUT2D eigenvalue weighted by atomic mass is 10.0. The van der Waals surface area contributed by atoms with Gasteiger partial charge in [0.25, 0.3) is 0 Å². The zero-order valence-electron chi connectivity index (χ0n) is 9.40. The van der Waals surface area contributed by atoms with E-state index < -0.39 is 6.10 Å². The summed E-state index contributed by atoms with van der Waals surface area (Å²) in [6.07, 6.45) is -0.736. The molecule has 0 amide bonds. The molecule has 2 rings (SSSR count). The Labute approximate surface area is 118 Å². The van der Waals surface area contributed by atoms with Gasteiger partial charge in [-0.1, -0.05) is 19.1 Å². The van der Waals surface area contributed by atoms with Crippen molar-refractivity contribution >= 4 is 39.5 Å². The fraction of sp³-hybridized carbons (Fsp3) is 0.500. The van der Waals surface area contributed by atoms with E-state index in [2.05, 4.69) is 22.9 Å². The molecule has 1 aromatic rings. The van der Waals surface area contributed by atoms with Crippen LogP contribution in [-0.4, -0.2) is 27.1 Å². The number of thioether (sulfide) groups is 2. The lowest BCUT2D eigenvalue weighted by molar-refractivity contribution is 0.169. The Morgan fingerprint density at radius 2 is 2.12 bits per heavy atom. The summed E-state index contributed by atoms with van der Waals surface area (Å²) in [5, 5.41) is 10.7. The number of aliphatic hydroxyl groups is 1. The van der Waals surface area contributed by atoms with Crippen molar-refractivity contribution in [2.45, 2.75) is 23.5 Å². The molecule has 1 heterocycles. The fourth-order valence-electron chi connectivity index (χ4n) is 1.92. The summed E-state index contributed by atoms with van der Waals surface area (Å²) in [5.41, 5.74) is 0.395. The molecule has 17 heavy (non-hydrogen) atoms. The highest BCUT2D eigenvalue weighted by Gasteiger charge is 2.31. The first-order valence-electron chi connectivity index (χ1n) is 5.46. The lowest BCUT2D eigenvalue weighted by Crippen LogP contribution is -2.29. The Morgan fingerprint density at radius 1 is 1.41 bits per heavy atom. The maximum absolute atomic E-state index is 13.9. The van der Waals surface area contributed by atoms with Gasteiger partial charge in [-0.05, 0) is 22.0 Å². The van der Waals surface area contributed by atoms with Gasteiger partial charge in [0, 0.05) is 27.6 Å². The molecule has 94 valence electrons. The minimum atomic E-state index is -0.736. The molecule has 5 heteroatoms. The summed E-state index contributed by atoms with van der Waals surface area (Å²) < 4.78 is 14.3. The largest absolute Gasteiger partial charge is 0.387 e. The molecule has 1 N–H and O–H groups in total. The first-order chi connectivity index (χ1) is 8.11. The van der Waals surface area contributed by atoms with Crippen LogP contribution in [0.4, 0.5) is 4.39 Å². The highest BCUT2D eigenvalue weighted by atomic mass is 79.9. The molecular formula is C12H14BrFOS2. The number of halogens is 2. The van der Waals surface area contributed by atoms with E-state index in [1.54, 1.807) is 30.0 Å². The van der Waals surface area contributed by atoms with Crippen LogP contribution in [0.1, 0.15) is 18.6 Å². The number of hydrogen-bond donors (Lipinski definition) is 1. The van der Waals surface area contributed by atoms with Gasteiger partial charge in [0.2, 0.25) is 0 Å². The van der Waals surface area contributed by atoms with E-state index in [1.165, 1.54) is 0 Å². The first-order valence-corrected chi connectivity index (χ1v) is 8.35. The molecular weight excluding hydrogens is 323 g/mol. The van der Waals surface area contributed by atoms with Crippen LogP contribution in [-0.2, 0) is 0 Å². The average Bonchev–Trinajstić information content (AvgIpc) is 2.32. The lowest BCUT2D eigenvalue weighted by Gasteiger charge is -2.32. The molecule has 0 bridgehead atoms. The third kappa shape index (κ3) is 3.00. The van der Waals surface area contributed by atoms with Gasteiger partial charge in [0.1, 0.15) is 5.82 Å². The van der Waals surface area contributed by atoms with Crippen molar-refractivity contribution in [2.75, 3.05) is 11.5 Å². The molecule has 0 saturated carbocycles. The first kappa shape index (κ1) is 13.7. The third-order valence-corrected chi connectivity index (χ3v) is 6.64. The normalized spacial score (nSPS) is 26.8. The van der Waals surface area contributed by atoms with E-state index in [4.69, 9.17) is 0 Å². The van der Waals surface area contributed by atoms with Crippen LogP contribution in [0.2, 0.25) is 0 Å². The topological polar surface area (TPSA) is 20.2 Å². The van der Waals surface area contributed by atoms with Gasteiger partial charge in [-0.3, -0.25) is 0 Å². The van der Waals surface area contributed by atoms with Gasteiger partial charge in [-0.15, -0.1) is 0 Å². The van der Waals surface area contributed by atoms with Crippen LogP contribution in [0.3, 0.4) is 0 Å². The summed E-state index contributed by atoms with van der Waals surface area (Å²) in [6, 6.07) is 5.08. The van der Waals surface area contributed by atoms with Crippen LogP contribution in [0.5, 0.6) is 0 Å². The summed E-state index contributed by atoms with van der Waals surface area (Å²) in [5.74, 6) is 1.78. The van der Waals surface area contributed by atoms with E-state index in [9.17, 15) is 9.50 Å². The molecule has 1 fully saturated rings. The van der Waals surface area contributed by atoms with Crippen molar-refractivity contribution in [1.82, 2.24) is 0 Å². The molecule has 1 aromatic carbocycles. The Kier molecular flexibility index (Phi) is 4.80. The number of benzene rings is 1. The number of rotatable bonds is 2. The predicted octanol–water partition coefficient (Wildman–Crippen LogP) is 3.86. The Morgan fingerprint density at radius 3 is 2.82 bits per heavy atom. The average molecular weight is 337 g/mol. The van der Waals surface area contributed by atoms with E-state index in [1.807, 2.05) is 11.8 Å². The molecule has 1 aliphatic heterocycles. The summed E-state index contributed by atoms with van der Waals surface area (Å²) in [4.78, 5) is 0. The maximum Gasteiger partial charge on any atom is 0.143 e. The molecule has 0 spiro atoms. The number of hydrogen-bond acceptors (Lipinski definition) is 3. The Balaban J connectivity index is 2.23. The van der Waals surface area contributed by atoms with Crippen molar-refractivity contribution in [3.8, 4) is 0 Å².